The van der Waals surface area contributed by atoms with Gasteiger partial charge in [0.1, 0.15) is 0 Å². The number of alkyl halides is 3. The predicted molar refractivity (Wildman–Crippen MR) is 98.5 cm³/mol. The molecule has 1 N–H and O–H groups in total. The molecule has 27 heavy (non-hydrogen) atoms. The quantitative estimate of drug-likeness (QED) is 0.828. The lowest BCUT2D eigenvalue weighted by Crippen LogP contribution is -2.36. The summed E-state index contributed by atoms with van der Waals surface area (Å²) in [6.45, 7) is 4.41. The third-order valence-corrected chi connectivity index (χ3v) is 4.97. The number of benzene rings is 2. The average Bonchev–Trinajstić information content (AvgIpc) is 3.17. The summed E-state index contributed by atoms with van der Waals surface area (Å²) in [6.07, 6.45) is -2.13. The van der Waals surface area contributed by atoms with Gasteiger partial charge in [0.2, 0.25) is 0 Å². The van der Waals surface area contributed by atoms with Crippen LogP contribution < -0.4 is 5.32 Å². The maximum absolute atomic E-state index is 12.7. The third kappa shape index (κ3) is 4.89. The molecule has 144 valence electrons. The van der Waals surface area contributed by atoms with Crippen LogP contribution in [0.25, 0.3) is 0 Å². The number of carbonyl (C=O) groups excluding carboxylic acids is 1. The number of halogens is 3. The molecule has 6 heteroatoms. The monoisotopic (exact) mass is 376 g/mol. The molecule has 0 spiro atoms. The molecule has 0 aromatic heterocycles. The SMILES string of the molecule is Cc1ccc(C(CNC(=O)c2ccc(C(F)(F)F)cc2)N2CCCC2)cc1. The van der Waals surface area contributed by atoms with Crippen molar-refractivity contribution in [3.05, 3.63) is 70.8 Å². The second-order valence-electron chi connectivity index (χ2n) is 6.95. The first kappa shape index (κ1) is 19.4. The second kappa shape index (κ2) is 8.13. The highest BCUT2D eigenvalue weighted by atomic mass is 19.4. The molecule has 2 aromatic rings. The van der Waals surface area contributed by atoms with Gasteiger partial charge in [-0.3, -0.25) is 9.69 Å². The lowest BCUT2D eigenvalue weighted by atomic mass is 10.0. The van der Waals surface area contributed by atoms with Gasteiger partial charge in [0.05, 0.1) is 11.6 Å². The summed E-state index contributed by atoms with van der Waals surface area (Å²) in [7, 11) is 0. The van der Waals surface area contributed by atoms with Crippen molar-refractivity contribution in [1.29, 1.82) is 0 Å². The number of amides is 1. The summed E-state index contributed by atoms with van der Waals surface area (Å²) in [5.41, 5.74) is 1.78. The van der Waals surface area contributed by atoms with Crippen LogP contribution in [0.3, 0.4) is 0 Å². The van der Waals surface area contributed by atoms with E-state index < -0.39 is 11.7 Å². The van der Waals surface area contributed by atoms with Crippen molar-refractivity contribution in [2.75, 3.05) is 19.6 Å². The largest absolute Gasteiger partial charge is 0.416 e. The van der Waals surface area contributed by atoms with Crippen LogP contribution in [0.1, 0.15) is 45.9 Å². The number of aryl methyl sites for hydroxylation is 1. The molecule has 2 aromatic carbocycles. The van der Waals surface area contributed by atoms with E-state index in [-0.39, 0.29) is 17.5 Å². The lowest BCUT2D eigenvalue weighted by molar-refractivity contribution is -0.137. The highest BCUT2D eigenvalue weighted by molar-refractivity contribution is 5.94. The van der Waals surface area contributed by atoms with Crippen molar-refractivity contribution >= 4 is 5.91 Å². The van der Waals surface area contributed by atoms with Gasteiger partial charge < -0.3 is 5.32 Å². The van der Waals surface area contributed by atoms with Crippen LogP contribution in [-0.2, 0) is 6.18 Å². The van der Waals surface area contributed by atoms with E-state index in [1.807, 2.05) is 6.92 Å². The molecule has 3 rings (SSSR count). The molecule has 1 fully saturated rings. The Labute approximate surface area is 157 Å². The number of rotatable bonds is 5. The lowest BCUT2D eigenvalue weighted by Gasteiger charge is -2.28. The maximum Gasteiger partial charge on any atom is 0.416 e. The van der Waals surface area contributed by atoms with Crippen LogP contribution in [0.4, 0.5) is 13.2 Å². The van der Waals surface area contributed by atoms with Gasteiger partial charge in [0, 0.05) is 12.1 Å². The Balaban J connectivity index is 1.69. The molecule has 1 aliphatic rings. The van der Waals surface area contributed by atoms with E-state index in [4.69, 9.17) is 0 Å². The van der Waals surface area contributed by atoms with Gasteiger partial charge in [0.15, 0.2) is 0 Å². The van der Waals surface area contributed by atoms with Crippen molar-refractivity contribution in [3.63, 3.8) is 0 Å². The van der Waals surface area contributed by atoms with Gasteiger partial charge in [0.25, 0.3) is 5.91 Å². The van der Waals surface area contributed by atoms with E-state index in [9.17, 15) is 18.0 Å². The van der Waals surface area contributed by atoms with E-state index in [0.29, 0.717) is 6.54 Å². The standard InChI is InChI=1S/C21H23F3N2O/c1-15-4-6-16(7-5-15)19(26-12-2-3-13-26)14-25-20(27)17-8-10-18(11-9-17)21(22,23)24/h4-11,19H,2-3,12-14H2,1H3,(H,25,27). The van der Waals surface area contributed by atoms with E-state index in [2.05, 4.69) is 34.5 Å². The first-order valence-electron chi connectivity index (χ1n) is 9.10. The molecule has 0 bridgehead atoms. The molecule has 1 atom stereocenters. The van der Waals surface area contributed by atoms with Crippen LogP contribution >= 0.6 is 0 Å². The molecule has 1 aliphatic heterocycles. The number of nitrogens with one attached hydrogen (secondary N) is 1. The minimum absolute atomic E-state index is 0.0616. The van der Waals surface area contributed by atoms with E-state index in [1.165, 1.54) is 17.7 Å². The molecule has 0 radical (unpaired) electrons. The Bertz CT molecular complexity index is 764. The fourth-order valence-electron chi connectivity index (χ4n) is 3.40. The van der Waals surface area contributed by atoms with Crippen LogP contribution in [0.15, 0.2) is 48.5 Å². The molecule has 1 saturated heterocycles. The van der Waals surface area contributed by atoms with Crippen molar-refractivity contribution in [2.45, 2.75) is 32.0 Å². The molecule has 3 nitrogen and oxygen atoms in total. The number of nitrogens with zero attached hydrogens (tertiary/aromatic N) is 1. The summed E-state index contributed by atoms with van der Waals surface area (Å²) in [4.78, 5) is 14.7. The molecular formula is C21H23F3N2O. The smallest absolute Gasteiger partial charge is 0.350 e. The first-order chi connectivity index (χ1) is 12.8. The average molecular weight is 376 g/mol. The van der Waals surface area contributed by atoms with Gasteiger partial charge in [-0.25, -0.2) is 0 Å². The Morgan fingerprint density at radius 2 is 1.63 bits per heavy atom. The van der Waals surface area contributed by atoms with Crippen molar-refractivity contribution in [3.8, 4) is 0 Å². The van der Waals surface area contributed by atoms with Gasteiger partial charge >= 0.3 is 6.18 Å². The fourth-order valence-corrected chi connectivity index (χ4v) is 3.40. The molecular weight excluding hydrogens is 353 g/mol. The minimum Gasteiger partial charge on any atom is -0.350 e. The molecule has 0 aliphatic carbocycles. The number of likely N-dealkylation sites (tertiary alicyclic amines) is 1. The maximum atomic E-state index is 12.7. The first-order valence-corrected chi connectivity index (χ1v) is 9.10. The number of hydrogen-bond donors (Lipinski definition) is 1. The highest BCUT2D eigenvalue weighted by Crippen LogP contribution is 2.29. The van der Waals surface area contributed by atoms with E-state index in [0.717, 1.165) is 43.6 Å². The number of carbonyl (C=O) groups is 1. The Morgan fingerprint density at radius 1 is 1.04 bits per heavy atom. The predicted octanol–water partition coefficient (Wildman–Crippen LogP) is 4.58. The summed E-state index contributed by atoms with van der Waals surface area (Å²) in [6, 6.07) is 12.6. The van der Waals surface area contributed by atoms with Crippen molar-refractivity contribution < 1.29 is 18.0 Å². The van der Waals surface area contributed by atoms with Gasteiger partial charge in [-0.1, -0.05) is 29.8 Å². The second-order valence-corrected chi connectivity index (χ2v) is 6.95. The van der Waals surface area contributed by atoms with E-state index >= 15 is 0 Å². The summed E-state index contributed by atoms with van der Waals surface area (Å²) < 4.78 is 38.0. The zero-order valence-electron chi connectivity index (χ0n) is 15.2. The summed E-state index contributed by atoms with van der Waals surface area (Å²) in [5, 5.41) is 2.89. The van der Waals surface area contributed by atoms with Gasteiger partial charge in [-0.15, -0.1) is 0 Å². The van der Waals surface area contributed by atoms with Crippen LogP contribution in [0.2, 0.25) is 0 Å². The zero-order chi connectivity index (χ0) is 19.4. The minimum atomic E-state index is -4.40. The molecule has 1 amide bonds. The van der Waals surface area contributed by atoms with Crippen LogP contribution in [0.5, 0.6) is 0 Å². The van der Waals surface area contributed by atoms with Crippen LogP contribution in [-0.4, -0.2) is 30.4 Å². The Hall–Kier alpha value is -2.34. The number of hydrogen-bond acceptors (Lipinski definition) is 2. The van der Waals surface area contributed by atoms with E-state index in [1.54, 1.807) is 0 Å². The normalized spacial score (nSPS) is 16.3. The van der Waals surface area contributed by atoms with Crippen molar-refractivity contribution in [2.24, 2.45) is 0 Å². The Morgan fingerprint density at radius 3 is 2.19 bits per heavy atom. The van der Waals surface area contributed by atoms with Crippen LogP contribution in [0, 0.1) is 6.92 Å². The molecule has 0 saturated carbocycles. The molecule has 1 heterocycles. The fraction of sp³-hybridized carbons (Fsp3) is 0.381. The van der Waals surface area contributed by atoms with Gasteiger partial charge in [-0.05, 0) is 62.7 Å². The highest BCUT2D eigenvalue weighted by Gasteiger charge is 2.30. The third-order valence-electron chi connectivity index (χ3n) is 4.97. The topological polar surface area (TPSA) is 32.3 Å². The van der Waals surface area contributed by atoms with Crippen molar-refractivity contribution in [1.82, 2.24) is 10.2 Å². The summed E-state index contributed by atoms with van der Waals surface area (Å²) in [5.74, 6) is -0.361. The van der Waals surface area contributed by atoms with Gasteiger partial charge in [-0.2, -0.15) is 13.2 Å². The Kier molecular flexibility index (Phi) is 5.85. The zero-order valence-corrected chi connectivity index (χ0v) is 15.2. The molecule has 1 unspecified atom stereocenters. The summed E-state index contributed by atoms with van der Waals surface area (Å²) >= 11 is 0.